The van der Waals surface area contributed by atoms with Gasteiger partial charge in [-0.2, -0.15) is 11.8 Å². The van der Waals surface area contributed by atoms with Crippen LogP contribution in [-0.2, 0) is 0 Å². The lowest BCUT2D eigenvalue weighted by Gasteiger charge is -2.49. The van der Waals surface area contributed by atoms with Crippen molar-refractivity contribution < 1.29 is 0 Å². The molecule has 106 valence electrons. The lowest BCUT2D eigenvalue weighted by Crippen LogP contribution is -2.57. The van der Waals surface area contributed by atoms with Gasteiger partial charge in [0.15, 0.2) is 0 Å². The van der Waals surface area contributed by atoms with Crippen molar-refractivity contribution in [3.8, 4) is 0 Å². The van der Waals surface area contributed by atoms with Gasteiger partial charge in [0.05, 0.1) is 0 Å². The van der Waals surface area contributed by atoms with Gasteiger partial charge in [-0.25, -0.2) is 0 Å². The van der Waals surface area contributed by atoms with Gasteiger partial charge in [0.25, 0.3) is 0 Å². The molecule has 0 spiro atoms. The predicted molar refractivity (Wildman–Crippen MR) is 82.4 cm³/mol. The molecular weight excluding hydrogens is 240 g/mol. The van der Waals surface area contributed by atoms with Gasteiger partial charge in [-0.1, -0.05) is 20.8 Å². The molecule has 0 aromatic carbocycles. The molecule has 18 heavy (non-hydrogen) atoms. The van der Waals surface area contributed by atoms with Crippen LogP contribution in [-0.4, -0.2) is 48.1 Å². The molecule has 0 aliphatic carbocycles. The molecule has 0 bridgehead atoms. The molecule has 1 N–H and O–H groups in total. The molecule has 0 aromatic rings. The standard InChI is InChI=1S/C15H30N2S/c1-4-9-17(13-6-5-8-16-11-13)14-12-18-10-7-15(14,2)3/h13-14,16H,4-12H2,1-3H3. The van der Waals surface area contributed by atoms with Crippen molar-refractivity contribution >= 4 is 11.8 Å². The minimum atomic E-state index is 0.498. The van der Waals surface area contributed by atoms with Crippen molar-refractivity contribution in [1.29, 1.82) is 0 Å². The van der Waals surface area contributed by atoms with Crippen LogP contribution in [0.15, 0.2) is 0 Å². The molecule has 0 saturated carbocycles. The molecule has 2 aliphatic heterocycles. The second-order valence-corrected chi connectivity index (χ2v) is 7.72. The number of hydrogen-bond donors (Lipinski definition) is 1. The van der Waals surface area contributed by atoms with E-state index in [0.29, 0.717) is 5.41 Å². The average molecular weight is 270 g/mol. The van der Waals surface area contributed by atoms with Gasteiger partial charge in [-0.05, 0) is 49.9 Å². The number of rotatable bonds is 4. The van der Waals surface area contributed by atoms with Crippen molar-refractivity contribution in [3.63, 3.8) is 0 Å². The Kier molecular flexibility index (Phi) is 5.40. The van der Waals surface area contributed by atoms with Crippen molar-refractivity contribution in [2.75, 3.05) is 31.1 Å². The molecule has 2 aliphatic rings. The lowest BCUT2D eigenvalue weighted by atomic mass is 9.80. The highest BCUT2D eigenvalue weighted by Crippen LogP contribution is 2.38. The third-order valence-corrected chi connectivity index (χ3v) is 5.73. The van der Waals surface area contributed by atoms with Gasteiger partial charge in [-0.15, -0.1) is 0 Å². The topological polar surface area (TPSA) is 15.3 Å². The minimum absolute atomic E-state index is 0.498. The molecule has 0 radical (unpaired) electrons. The summed E-state index contributed by atoms with van der Waals surface area (Å²) >= 11 is 2.16. The average Bonchev–Trinajstić information content (AvgIpc) is 2.37. The third kappa shape index (κ3) is 3.43. The Hall–Kier alpha value is 0.270. The predicted octanol–water partition coefficient (Wildman–Crippen LogP) is 2.98. The van der Waals surface area contributed by atoms with E-state index >= 15 is 0 Å². The van der Waals surface area contributed by atoms with E-state index in [1.165, 1.54) is 56.8 Å². The van der Waals surface area contributed by atoms with E-state index in [4.69, 9.17) is 0 Å². The van der Waals surface area contributed by atoms with Crippen LogP contribution in [0.3, 0.4) is 0 Å². The van der Waals surface area contributed by atoms with Crippen LogP contribution in [0.2, 0.25) is 0 Å². The quantitative estimate of drug-likeness (QED) is 0.845. The largest absolute Gasteiger partial charge is 0.315 e. The molecule has 2 saturated heterocycles. The van der Waals surface area contributed by atoms with Gasteiger partial charge < -0.3 is 5.32 Å². The van der Waals surface area contributed by atoms with Crippen LogP contribution < -0.4 is 5.32 Å². The maximum Gasteiger partial charge on any atom is 0.0241 e. The smallest absolute Gasteiger partial charge is 0.0241 e. The highest BCUT2D eigenvalue weighted by atomic mass is 32.2. The van der Waals surface area contributed by atoms with Crippen LogP contribution in [0.1, 0.15) is 46.5 Å². The molecule has 2 fully saturated rings. The van der Waals surface area contributed by atoms with Gasteiger partial charge in [0.1, 0.15) is 0 Å². The number of nitrogens with zero attached hydrogens (tertiary/aromatic N) is 1. The van der Waals surface area contributed by atoms with E-state index in [1.807, 2.05) is 0 Å². The summed E-state index contributed by atoms with van der Waals surface area (Å²) in [6, 6.07) is 1.56. The maximum atomic E-state index is 3.59. The third-order valence-electron chi connectivity index (χ3n) is 4.69. The Balaban J connectivity index is 2.07. The summed E-state index contributed by atoms with van der Waals surface area (Å²) in [6.45, 7) is 11.0. The molecule has 0 aromatic heterocycles. The summed E-state index contributed by atoms with van der Waals surface area (Å²) in [7, 11) is 0. The van der Waals surface area contributed by atoms with E-state index in [2.05, 4.69) is 42.7 Å². The molecule has 3 heteroatoms. The summed E-state index contributed by atoms with van der Waals surface area (Å²) in [6.07, 6.45) is 5.41. The van der Waals surface area contributed by atoms with Gasteiger partial charge >= 0.3 is 0 Å². The van der Waals surface area contributed by atoms with Crippen LogP contribution in [0, 0.1) is 5.41 Å². The van der Waals surface area contributed by atoms with E-state index in [9.17, 15) is 0 Å². The maximum absolute atomic E-state index is 3.59. The minimum Gasteiger partial charge on any atom is -0.315 e. The van der Waals surface area contributed by atoms with Crippen LogP contribution in [0.25, 0.3) is 0 Å². The lowest BCUT2D eigenvalue weighted by molar-refractivity contribution is 0.0474. The molecule has 2 heterocycles. The first-order chi connectivity index (χ1) is 8.65. The molecular formula is C15H30N2S. The highest BCUT2D eigenvalue weighted by molar-refractivity contribution is 7.99. The highest BCUT2D eigenvalue weighted by Gasteiger charge is 2.39. The molecule has 2 rings (SSSR count). The summed E-state index contributed by atoms with van der Waals surface area (Å²) < 4.78 is 0. The molecule has 2 atom stereocenters. The van der Waals surface area contributed by atoms with E-state index in [1.54, 1.807) is 0 Å². The molecule has 0 amide bonds. The van der Waals surface area contributed by atoms with E-state index in [0.717, 1.165) is 12.1 Å². The summed E-state index contributed by atoms with van der Waals surface area (Å²) in [5.41, 5.74) is 0.498. The Morgan fingerprint density at radius 1 is 1.39 bits per heavy atom. The van der Waals surface area contributed by atoms with Gasteiger partial charge in [-0.3, -0.25) is 4.90 Å². The van der Waals surface area contributed by atoms with Crippen LogP contribution in [0.4, 0.5) is 0 Å². The SMILES string of the molecule is CCCN(C1CCCNC1)C1CSCCC1(C)C. The summed E-state index contributed by atoms with van der Waals surface area (Å²) in [4.78, 5) is 2.85. The second-order valence-electron chi connectivity index (χ2n) is 6.57. The number of nitrogens with one attached hydrogen (secondary N) is 1. The zero-order chi connectivity index (χ0) is 13.0. The van der Waals surface area contributed by atoms with Gasteiger partial charge in [0.2, 0.25) is 0 Å². The van der Waals surface area contributed by atoms with Crippen LogP contribution in [0.5, 0.6) is 0 Å². The van der Waals surface area contributed by atoms with Crippen molar-refractivity contribution in [2.45, 2.75) is 58.5 Å². The fourth-order valence-electron chi connectivity index (χ4n) is 3.43. The van der Waals surface area contributed by atoms with Crippen molar-refractivity contribution in [3.05, 3.63) is 0 Å². The summed E-state index contributed by atoms with van der Waals surface area (Å²) in [5, 5.41) is 3.59. The van der Waals surface area contributed by atoms with E-state index in [-0.39, 0.29) is 0 Å². The monoisotopic (exact) mass is 270 g/mol. The molecule has 2 nitrogen and oxygen atoms in total. The number of hydrogen-bond acceptors (Lipinski definition) is 3. The Morgan fingerprint density at radius 2 is 2.22 bits per heavy atom. The first kappa shape index (κ1) is 14.7. The zero-order valence-electron chi connectivity index (χ0n) is 12.4. The fraction of sp³-hybridized carbons (Fsp3) is 1.00. The molecule has 2 unspecified atom stereocenters. The van der Waals surface area contributed by atoms with Crippen molar-refractivity contribution in [2.24, 2.45) is 5.41 Å². The zero-order valence-corrected chi connectivity index (χ0v) is 13.2. The normalized spacial score (nSPS) is 32.7. The summed E-state index contributed by atoms with van der Waals surface area (Å²) in [5.74, 6) is 2.69. The fourth-order valence-corrected chi connectivity index (χ4v) is 5.14. The van der Waals surface area contributed by atoms with Crippen molar-refractivity contribution in [1.82, 2.24) is 10.2 Å². The number of thioether (sulfide) groups is 1. The Labute approximate surface area is 117 Å². The van der Waals surface area contributed by atoms with Gasteiger partial charge in [0, 0.05) is 24.4 Å². The number of piperidine rings is 1. The van der Waals surface area contributed by atoms with Crippen LogP contribution >= 0.6 is 11.8 Å². The first-order valence-electron chi connectivity index (χ1n) is 7.69. The second kappa shape index (κ2) is 6.62. The Bertz CT molecular complexity index is 249. The van der Waals surface area contributed by atoms with E-state index < -0.39 is 0 Å². The first-order valence-corrected chi connectivity index (χ1v) is 8.85. The Morgan fingerprint density at radius 3 is 2.83 bits per heavy atom.